The Hall–Kier alpha value is -3.79. The fraction of sp³-hybridized carbons (Fsp3) is 0.172. The van der Waals surface area contributed by atoms with Crippen LogP contribution in [0, 0.1) is 0 Å². The largest absolute Gasteiger partial charge is 0.497 e. The van der Waals surface area contributed by atoms with E-state index in [0.717, 1.165) is 5.39 Å². The average Bonchev–Trinajstić information content (AvgIpc) is 2.92. The number of benzene rings is 3. The van der Waals surface area contributed by atoms with Crippen LogP contribution >= 0.6 is 23.2 Å². The molecule has 0 aliphatic carbocycles. The summed E-state index contributed by atoms with van der Waals surface area (Å²) in [6.07, 6.45) is -2.22. The number of alkyl halides is 3. The minimum Gasteiger partial charge on any atom is -0.497 e. The molecule has 208 valence electrons. The van der Waals surface area contributed by atoms with Crippen LogP contribution < -0.4 is 9.47 Å². The first-order valence-corrected chi connectivity index (χ1v) is 12.5. The number of ether oxygens (including phenoxy) is 3. The van der Waals surface area contributed by atoms with Crippen molar-refractivity contribution in [2.45, 2.75) is 12.3 Å². The van der Waals surface area contributed by atoms with Crippen molar-refractivity contribution in [2.24, 2.45) is 0 Å². The Morgan fingerprint density at radius 3 is 2.52 bits per heavy atom. The van der Waals surface area contributed by atoms with E-state index in [1.807, 2.05) is 6.07 Å². The molecule has 1 atom stereocenters. The average molecular weight is 592 g/mol. The van der Waals surface area contributed by atoms with Crippen LogP contribution in [0.3, 0.4) is 0 Å². The van der Waals surface area contributed by atoms with Gasteiger partial charge < -0.3 is 19.3 Å². The van der Waals surface area contributed by atoms with Gasteiger partial charge in [0.25, 0.3) is 0 Å². The Bertz CT molecular complexity index is 1560. The van der Waals surface area contributed by atoms with E-state index in [2.05, 4.69) is 4.98 Å². The topological polar surface area (TPSA) is 77.9 Å². The lowest BCUT2D eigenvalue weighted by atomic mass is 10.1. The fourth-order valence-corrected chi connectivity index (χ4v) is 4.13. The zero-order chi connectivity index (χ0) is 28.9. The molecule has 1 aromatic heterocycles. The first-order chi connectivity index (χ1) is 19.0. The number of aromatic nitrogens is 1. The molecule has 1 heterocycles. The maximum atomic E-state index is 13.0. The van der Waals surface area contributed by atoms with Crippen LogP contribution in [-0.4, -0.2) is 42.6 Å². The minimum atomic E-state index is -4.57. The van der Waals surface area contributed by atoms with Gasteiger partial charge in [0.1, 0.15) is 36.4 Å². The number of methoxy groups -OCH3 is 1. The summed E-state index contributed by atoms with van der Waals surface area (Å²) < 4.78 is 54.8. The van der Waals surface area contributed by atoms with E-state index in [1.165, 1.54) is 25.3 Å². The van der Waals surface area contributed by atoms with Crippen LogP contribution in [0.15, 0.2) is 66.7 Å². The maximum absolute atomic E-state index is 13.0. The third-order valence-electron chi connectivity index (χ3n) is 5.74. The van der Waals surface area contributed by atoms with E-state index in [0.29, 0.717) is 38.1 Å². The quantitative estimate of drug-likeness (QED) is 0.201. The Balaban J connectivity index is 1.57. The van der Waals surface area contributed by atoms with Gasteiger partial charge in [-0.1, -0.05) is 53.5 Å². The van der Waals surface area contributed by atoms with Crippen molar-refractivity contribution in [1.82, 2.24) is 4.98 Å². The van der Waals surface area contributed by atoms with Crippen LogP contribution in [0.4, 0.5) is 13.2 Å². The van der Waals surface area contributed by atoms with Crippen molar-refractivity contribution in [3.8, 4) is 11.5 Å². The maximum Gasteiger partial charge on any atom is 0.411 e. The number of carbonyl (C=O) groups is 1. The summed E-state index contributed by atoms with van der Waals surface area (Å²) >= 11 is 12.2. The van der Waals surface area contributed by atoms with E-state index >= 15 is 0 Å². The second-order valence-electron chi connectivity index (χ2n) is 8.59. The predicted octanol–water partition coefficient (Wildman–Crippen LogP) is 8.12. The predicted molar refractivity (Wildman–Crippen MR) is 147 cm³/mol. The van der Waals surface area contributed by atoms with Crippen molar-refractivity contribution in [3.05, 3.63) is 99.2 Å². The van der Waals surface area contributed by atoms with Gasteiger partial charge in [-0.3, -0.25) is 0 Å². The molecule has 0 radical (unpaired) electrons. The Morgan fingerprint density at radius 2 is 1.80 bits per heavy atom. The second-order valence-corrected chi connectivity index (χ2v) is 9.41. The smallest absolute Gasteiger partial charge is 0.411 e. The Labute approximate surface area is 237 Å². The standard InChI is InChI=1S/C29H22Cl2F3NO5/c1-38-21-9-10-26(22(13-21)28(36)37)39-15-27(40-16-29(32,33)34)19-4-2-3-17(11-19)5-7-20-8-6-18-12-23(30)24(31)14-25(18)35-20/h2-14,27H,15-16H2,1H3,(H,36,37)/b7-5+/t27-/m1/s1. The van der Waals surface area contributed by atoms with E-state index in [9.17, 15) is 23.1 Å². The molecule has 40 heavy (non-hydrogen) atoms. The molecule has 0 bridgehead atoms. The number of pyridine rings is 1. The lowest BCUT2D eigenvalue weighted by Gasteiger charge is -2.21. The van der Waals surface area contributed by atoms with Crippen molar-refractivity contribution < 1.29 is 37.3 Å². The summed E-state index contributed by atoms with van der Waals surface area (Å²) in [5, 5.41) is 11.1. The number of aromatic carboxylic acids is 1. The van der Waals surface area contributed by atoms with Gasteiger partial charge in [-0.05, 0) is 59.7 Å². The lowest BCUT2D eigenvalue weighted by molar-refractivity contribution is -0.188. The molecule has 3 aromatic carbocycles. The zero-order valence-corrected chi connectivity index (χ0v) is 22.4. The van der Waals surface area contributed by atoms with Gasteiger partial charge >= 0.3 is 12.1 Å². The number of hydrogen-bond donors (Lipinski definition) is 1. The van der Waals surface area contributed by atoms with Crippen molar-refractivity contribution in [1.29, 1.82) is 0 Å². The molecule has 0 saturated heterocycles. The van der Waals surface area contributed by atoms with E-state index in [4.69, 9.17) is 37.4 Å². The molecule has 11 heteroatoms. The second kappa shape index (κ2) is 12.6. The highest BCUT2D eigenvalue weighted by atomic mass is 35.5. The van der Waals surface area contributed by atoms with E-state index in [-0.39, 0.29) is 17.9 Å². The Morgan fingerprint density at radius 1 is 1.02 bits per heavy atom. The fourth-order valence-electron chi connectivity index (χ4n) is 3.80. The number of fused-ring (bicyclic) bond motifs is 1. The highest BCUT2D eigenvalue weighted by Gasteiger charge is 2.30. The molecule has 4 rings (SSSR count). The summed E-state index contributed by atoms with van der Waals surface area (Å²) in [6.45, 7) is -1.88. The molecule has 0 aliphatic heterocycles. The molecular formula is C29H22Cl2F3NO5. The number of carboxylic acid groups (broad SMARTS) is 1. The molecule has 1 N–H and O–H groups in total. The van der Waals surface area contributed by atoms with Crippen molar-refractivity contribution in [3.63, 3.8) is 0 Å². The van der Waals surface area contributed by atoms with Gasteiger partial charge in [-0.15, -0.1) is 0 Å². The molecule has 0 fully saturated rings. The normalized spacial score (nSPS) is 12.6. The molecule has 6 nitrogen and oxygen atoms in total. The minimum absolute atomic E-state index is 0.0336. The molecule has 0 unspecified atom stereocenters. The van der Waals surface area contributed by atoms with E-state index in [1.54, 1.807) is 54.6 Å². The van der Waals surface area contributed by atoms with Crippen LogP contribution in [0.1, 0.15) is 33.3 Å². The number of halogens is 5. The number of nitrogens with zero attached hydrogens (tertiary/aromatic N) is 1. The third-order valence-corrected chi connectivity index (χ3v) is 6.46. The van der Waals surface area contributed by atoms with Gasteiger partial charge in [-0.25, -0.2) is 9.78 Å². The molecule has 0 saturated carbocycles. The highest BCUT2D eigenvalue weighted by Crippen LogP contribution is 2.29. The van der Waals surface area contributed by atoms with Gasteiger partial charge in [0.15, 0.2) is 0 Å². The SMILES string of the molecule is COc1ccc(OC[C@@H](OCC(F)(F)F)c2cccc(/C=C/c3ccc4cc(Cl)c(Cl)cc4n3)c2)c(C(=O)O)c1. The zero-order valence-electron chi connectivity index (χ0n) is 20.9. The van der Waals surface area contributed by atoms with Gasteiger partial charge in [0.2, 0.25) is 0 Å². The van der Waals surface area contributed by atoms with Crippen LogP contribution in [0.5, 0.6) is 11.5 Å². The van der Waals surface area contributed by atoms with Crippen LogP contribution in [-0.2, 0) is 4.74 Å². The van der Waals surface area contributed by atoms with Crippen molar-refractivity contribution >= 4 is 52.2 Å². The summed E-state index contributed by atoms with van der Waals surface area (Å²) in [5.74, 6) is -1.02. The van der Waals surface area contributed by atoms with Crippen LogP contribution in [0.25, 0.3) is 23.1 Å². The van der Waals surface area contributed by atoms with Crippen LogP contribution in [0.2, 0.25) is 10.0 Å². The monoisotopic (exact) mass is 591 g/mol. The number of rotatable bonds is 10. The van der Waals surface area contributed by atoms with E-state index < -0.39 is 24.9 Å². The van der Waals surface area contributed by atoms with Gasteiger partial charge in [-0.2, -0.15) is 13.2 Å². The first-order valence-electron chi connectivity index (χ1n) is 11.8. The summed E-state index contributed by atoms with van der Waals surface area (Å²) in [4.78, 5) is 16.2. The summed E-state index contributed by atoms with van der Waals surface area (Å²) in [6, 6.07) is 17.9. The molecule has 4 aromatic rings. The highest BCUT2D eigenvalue weighted by molar-refractivity contribution is 6.42. The van der Waals surface area contributed by atoms with Gasteiger partial charge in [0, 0.05) is 5.39 Å². The number of hydrogen-bond acceptors (Lipinski definition) is 5. The van der Waals surface area contributed by atoms with Gasteiger partial charge in [0.05, 0.1) is 28.4 Å². The third kappa shape index (κ3) is 7.65. The molecule has 0 aliphatic rings. The lowest BCUT2D eigenvalue weighted by Crippen LogP contribution is -2.23. The molecule has 0 spiro atoms. The first kappa shape index (κ1) is 29.2. The van der Waals surface area contributed by atoms with Crippen molar-refractivity contribution in [2.75, 3.05) is 20.3 Å². The number of carboxylic acids is 1. The Kier molecular flexibility index (Phi) is 9.19. The molecule has 0 amide bonds. The summed E-state index contributed by atoms with van der Waals surface area (Å²) in [7, 11) is 1.38. The summed E-state index contributed by atoms with van der Waals surface area (Å²) in [5.41, 5.74) is 2.17. The molecular weight excluding hydrogens is 570 g/mol.